The van der Waals surface area contributed by atoms with E-state index < -0.39 is 10.8 Å². The molecule has 0 aliphatic heterocycles. The van der Waals surface area contributed by atoms with Crippen LogP contribution in [0, 0.1) is 0 Å². The highest BCUT2D eigenvalue weighted by molar-refractivity contribution is 7.84. The lowest BCUT2D eigenvalue weighted by Gasteiger charge is -2.08. The number of anilines is 1. The van der Waals surface area contributed by atoms with E-state index in [1.807, 2.05) is 30.3 Å². The monoisotopic (exact) mass is 316 g/mol. The van der Waals surface area contributed by atoms with Gasteiger partial charge in [-0.05, 0) is 42.0 Å². The van der Waals surface area contributed by atoms with E-state index >= 15 is 0 Å². The molecule has 1 unspecified atom stereocenters. The second kappa shape index (κ2) is 5.84. The maximum atomic E-state index is 12.5. The Hall–Kier alpha value is -1.91. The van der Waals surface area contributed by atoms with E-state index in [1.54, 1.807) is 24.4 Å². The Bertz CT molecular complexity index is 835. The zero-order valence-electron chi connectivity index (χ0n) is 11.1. The molecule has 5 heteroatoms. The summed E-state index contributed by atoms with van der Waals surface area (Å²) in [5, 5.41) is 1.47. The molecule has 0 bridgehead atoms. The van der Waals surface area contributed by atoms with Crippen LogP contribution in [0.25, 0.3) is 10.9 Å². The topological polar surface area (TPSA) is 56.0 Å². The second-order valence-electron chi connectivity index (χ2n) is 4.66. The number of hydrogen-bond donors (Lipinski definition) is 1. The standard InChI is InChI=1S/C16H13ClN2OS/c17-12-3-1-4-13(9-12)21(20)10-11-6-7-15(18)14-5-2-8-19-16(11)14/h1-9H,10,18H2. The first kappa shape index (κ1) is 14.0. The van der Waals surface area contributed by atoms with Gasteiger partial charge in [-0.2, -0.15) is 0 Å². The van der Waals surface area contributed by atoms with Gasteiger partial charge >= 0.3 is 0 Å². The first-order valence-corrected chi connectivity index (χ1v) is 8.11. The summed E-state index contributed by atoms with van der Waals surface area (Å²) in [4.78, 5) is 5.08. The van der Waals surface area contributed by atoms with E-state index in [0.717, 1.165) is 16.5 Å². The van der Waals surface area contributed by atoms with E-state index in [1.165, 1.54) is 0 Å². The van der Waals surface area contributed by atoms with Crippen LogP contribution in [-0.2, 0) is 16.6 Å². The quantitative estimate of drug-likeness (QED) is 0.748. The summed E-state index contributed by atoms with van der Waals surface area (Å²) in [5.74, 6) is 0.383. The molecule has 0 radical (unpaired) electrons. The van der Waals surface area contributed by atoms with Crippen LogP contribution in [0.4, 0.5) is 5.69 Å². The highest BCUT2D eigenvalue weighted by Crippen LogP contribution is 2.25. The number of rotatable bonds is 3. The molecule has 1 atom stereocenters. The predicted molar refractivity (Wildman–Crippen MR) is 87.7 cm³/mol. The highest BCUT2D eigenvalue weighted by atomic mass is 35.5. The molecule has 1 heterocycles. The van der Waals surface area contributed by atoms with Gasteiger partial charge in [0.2, 0.25) is 0 Å². The van der Waals surface area contributed by atoms with Crippen LogP contribution in [0.1, 0.15) is 5.56 Å². The molecular weight excluding hydrogens is 304 g/mol. The second-order valence-corrected chi connectivity index (χ2v) is 6.55. The average molecular weight is 317 g/mol. The number of aromatic nitrogens is 1. The van der Waals surface area contributed by atoms with Gasteiger partial charge in [-0.25, -0.2) is 0 Å². The molecule has 3 rings (SSSR count). The molecule has 0 amide bonds. The molecule has 2 aromatic carbocycles. The summed E-state index contributed by atoms with van der Waals surface area (Å²) in [6, 6.07) is 14.6. The molecule has 0 fully saturated rings. The lowest BCUT2D eigenvalue weighted by atomic mass is 10.1. The van der Waals surface area contributed by atoms with E-state index in [2.05, 4.69) is 4.98 Å². The highest BCUT2D eigenvalue weighted by Gasteiger charge is 2.10. The van der Waals surface area contributed by atoms with Crippen molar-refractivity contribution in [3.63, 3.8) is 0 Å². The minimum atomic E-state index is -1.17. The number of fused-ring (bicyclic) bond motifs is 1. The van der Waals surface area contributed by atoms with Crippen LogP contribution in [0.2, 0.25) is 5.02 Å². The summed E-state index contributed by atoms with van der Waals surface area (Å²) in [5.41, 5.74) is 8.34. The fourth-order valence-electron chi connectivity index (χ4n) is 2.20. The Labute approximate surface area is 130 Å². The number of pyridine rings is 1. The third-order valence-corrected chi connectivity index (χ3v) is 4.82. The van der Waals surface area contributed by atoms with Gasteiger partial charge in [-0.15, -0.1) is 0 Å². The van der Waals surface area contributed by atoms with Crippen molar-refractivity contribution < 1.29 is 4.21 Å². The molecule has 0 aliphatic carbocycles. The zero-order chi connectivity index (χ0) is 14.8. The summed E-state index contributed by atoms with van der Waals surface area (Å²) in [7, 11) is -1.17. The van der Waals surface area contributed by atoms with E-state index in [0.29, 0.717) is 21.4 Å². The predicted octanol–water partition coefficient (Wildman–Crippen LogP) is 3.78. The van der Waals surface area contributed by atoms with Crippen LogP contribution in [0.15, 0.2) is 59.6 Å². The van der Waals surface area contributed by atoms with Crippen molar-refractivity contribution >= 4 is 39.0 Å². The number of nitrogens with zero attached hydrogens (tertiary/aromatic N) is 1. The maximum absolute atomic E-state index is 12.5. The fourth-order valence-corrected chi connectivity index (χ4v) is 3.63. The van der Waals surface area contributed by atoms with Gasteiger partial charge in [-0.1, -0.05) is 23.7 Å². The maximum Gasteiger partial charge on any atom is 0.0764 e. The van der Waals surface area contributed by atoms with Gasteiger partial charge in [0.1, 0.15) is 0 Å². The zero-order valence-corrected chi connectivity index (χ0v) is 12.7. The van der Waals surface area contributed by atoms with Crippen LogP contribution >= 0.6 is 11.6 Å². The van der Waals surface area contributed by atoms with Crippen molar-refractivity contribution in [2.24, 2.45) is 0 Å². The first-order valence-electron chi connectivity index (χ1n) is 6.41. The van der Waals surface area contributed by atoms with Crippen molar-refractivity contribution in [1.29, 1.82) is 0 Å². The Balaban J connectivity index is 1.99. The van der Waals surface area contributed by atoms with Gasteiger partial charge < -0.3 is 5.73 Å². The summed E-state index contributed by atoms with van der Waals surface area (Å²) in [6.07, 6.45) is 1.72. The van der Waals surface area contributed by atoms with Crippen molar-refractivity contribution in [2.45, 2.75) is 10.6 Å². The summed E-state index contributed by atoms with van der Waals surface area (Å²) < 4.78 is 12.5. The van der Waals surface area contributed by atoms with Gasteiger partial charge in [0.05, 0.1) is 22.1 Å². The molecule has 106 valence electrons. The van der Waals surface area contributed by atoms with E-state index in [9.17, 15) is 4.21 Å². The molecule has 3 aromatic rings. The first-order chi connectivity index (χ1) is 10.1. The Morgan fingerprint density at radius 2 is 2.00 bits per heavy atom. The molecule has 0 aliphatic rings. The van der Waals surface area contributed by atoms with Crippen molar-refractivity contribution in [3.05, 3.63) is 65.3 Å². The van der Waals surface area contributed by atoms with Gasteiger partial charge in [0.15, 0.2) is 0 Å². The Kier molecular flexibility index (Phi) is 3.90. The molecule has 3 nitrogen and oxygen atoms in total. The normalized spacial score (nSPS) is 12.4. The Morgan fingerprint density at radius 3 is 2.81 bits per heavy atom. The van der Waals surface area contributed by atoms with Crippen LogP contribution in [0.3, 0.4) is 0 Å². The van der Waals surface area contributed by atoms with Gasteiger partial charge in [-0.3, -0.25) is 9.19 Å². The molecule has 2 N–H and O–H groups in total. The molecule has 0 spiro atoms. The molecule has 0 saturated heterocycles. The minimum Gasteiger partial charge on any atom is -0.398 e. The third kappa shape index (κ3) is 2.91. The van der Waals surface area contributed by atoms with Crippen LogP contribution in [0.5, 0.6) is 0 Å². The number of nitrogens with two attached hydrogens (primary N) is 1. The number of halogens is 1. The van der Waals surface area contributed by atoms with Gasteiger partial charge in [0.25, 0.3) is 0 Å². The van der Waals surface area contributed by atoms with Crippen molar-refractivity contribution in [3.8, 4) is 0 Å². The van der Waals surface area contributed by atoms with E-state index in [-0.39, 0.29) is 0 Å². The van der Waals surface area contributed by atoms with Crippen molar-refractivity contribution in [2.75, 3.05) is 5.73 Å². The van der Waals surface area contributed by atoms with Crippen LogP contribution < -0.4 is 5.73 Å². The average Bonchev–Trinajstić information content (AvgIpc) is 2.50. The third-order valence-electron chi connectivity index (χ3n) is 3.23. The number of nitrogen functional groups attached to an aromatic ring is 1. The Morgan fingerprint density at radius 1 is 1.14 bits per heavy atom. The summed E-state index contributed by atoms with van der Waals surface area (Å²) >= 11 is 5.94. The van der Waals surface area contributed by atoms with Crippen LogP contribution in [-0.4, -0.2) is 9.19 Å². The number of hydrogen-bond acceptors (Lipinski definition) is 3. The van der Waals surface area contributed by atoms with Gasteiger partial charge in [0, 0.05) is 27.2 Å². The van der Waals surface area contributed by atoms with E-state index in [4.69, 9.17) is 17.3 Å². The molecule has 0 saturated carbocycles. The molecular formula is C16H13ClN2OS. The lowest BCUT2D eigenvalue weighted by molar-refractivity contribution is 0.682. The molecule has 21 heavy (non-hydrogen) atoms. The SMILES string of the molecule is Nc1ccc(CS(=O)c2cccc(Cl)c2)c2ncccc12. The van der Waals surface area contributed by atoms with Crippen molar-refractivity contribution in [1.82, 2.24) is 4.98 Å². The lowest BCUT2D eigenvalue weighted by Crippen LogP contribution is -1.99. The minimum absolute atomic E-state index is 0.383. The largest absolute Gasteiger partial charge is 0.398 e. The number of benzene rings is 2. The fraction of sp³-hybridized carbons (Fsp3) is 0.0625. The summed E-state index contributed by atoms with van der Waals surface area (Å²) in [6.45, 7) is 0. The smallest absolute Gasteiger partial charge is 0.0764 e. The molecule has 1 aromatic heterocycles.